The summed E-state index contributed by atoms with van der Waals surface area (Å²) in [7, 11) is 0. The molecule has 5 aromatic rings. The number of rotatable bonds is 5. The molecule has 5 heteroatoms. The SMILES string of the molecule is Cc1ccc(Nc2nc(-c3ccccc3)c3cc(Br)ccc3n2)c(C(=O)c2ccccc2)c1. The van der Waals surface area contributed by atoms with E-state index >= 15 is 0 Å². The van der Waals surface area contributed by atoms with Gasteiger partial charge in [-0.05, 0) is 37.3 Å². The second kappa shape index (κ2) is 8.96. The maximum atomic E-state index is 13.3. The molecule has 0 saturated heterocycles. The molecule has 0 atom stereocenters. The van der Waals surface area contributed by atoms with Gasteiger partial charge >= 0.3 is 0 Å². The van der Waals surface area contributed by atoms with E-state index in [9.17, 15) is 4.79 Å². The van der Waals surface area contributed by atoms with Crippen molar-refractivity contribution in [3.63, 3.8) is 0 Å². The second-order valence-corrected chi connectivity index (χ2v) is 8.71. The Morgan fingerprint density at radius 1 is 0.818 bits per heavy atom. The normalized spacial score (nSPS) is 10.8. The topological polar surface area (TPSA) is 54.9 Å². The standard InChI is InChI=1S/C28H20BrN3O/c1-18-12-14-25(23(16-18)27(33)20-10-6-3-7-11-20)31-28-30-24-15-13-21(29)17-22(24)26(32-28)19-8-4-2-5-9-19/h2-17H,1H3,(H,30,31,32). The minimum absolute atomic E-state index is 0.0465. The quantitative estimate of drug-likeness (QED) is 0.260. The van der Waals surface area contributed by atoms with Gasteiger partial charge in [-0.15, -0.1) is 0 Å². The third kappa shape index (κ3) is 4.41. The number of aromatic nitrogens is 2. The molecule has 0 aliphatic heterocycles. The first-order chi connectivity index (χ1) is 16.1. The van der Waals surface area contributed by atoms with Crippen molar-refractivity contribution < 1.29 is 4.79 Å². The highest BCUT2D eigenvalue weighted by atomic mass is 79.9. The summed E-state index contributed by atoms with van der Waals surface area (Å²) in [5, 5.41) is 4.26. The van der Waals surface area contributed by atoms with E-state index in [-0.39, 0.29) is 5.78 Å². The highest BCUT2D eigenvalue weighted by Crippen LogP contribution is 2.31. The first kappa shape index (κ1) is 21.0. The number of nitrogens with zero attached hydrogens (tertiary/aromatic N) is 2. The lowest BCUT2D eigenvalue weighted by Crippen LogP contribution is -2.08. The Morgan fingerprint density at radius 3 is 2.30 bits per heavy atom. The molecular formula is C28H20BrN3O. The summed E-state index contributed by atoms with van der Waals surface area (Å²) in [5.74, 6) is 0.393. The third-order valence-corrected chi connectivity index (χ3v) is 5.90. The number of hydrogen-bond donors (Lipinski definition) is 1. The van der Waals surface area contributed by atoms with Crippen LogP contribution in [-0.2, 0) is 0 Å². The van der Waals surface area contributed by atoms with Gasteiger partial charge in [0.2, 0.25) is 5.95 Å². The predicted molar refractivity (Wildman–Crippen MR) is 137 cm³/mol. The van der Waals surface area contributed by atoms with Crippen LogP contribution in [-0.4, -0.2) is 15.8 Å². The number of nitrogens with one attached hydrogen (secondary N) is 1. The molecule has 0 bridgehead atoms. The van der Waals surface area contributed by atoms with Gasteiger partial charge in [0.1, 0.15) is 0 Å². The van der Waals surface area contributed by atoms with E-state index in [0.717, 1.165) is 32.2 Å². The average Bonchev–Trinajstić information content (AvgIpc) is 2.85. The van der Waals surface area contributed by atoms with Crippen LogP contribution in [0.2, 0.25) is 0 Å². The van der Waals surface area contributed by atoms with Gasteiger partial charge in [-0.25, -0.2) is 9.97 Å². The molecule has 160 valence electrons. The first-order valence-electron chi connectivity index (χ1n) is 10.6. The van der Waals surface area contributed by atoms with E-state index in [1.165, 1.54) is 0 Å². The number of anilines is 2. The Kier molecular flexibility index (Phi) is 5.71. The van der Waals surface area contributed by atoms with Crippen LogP contribution < -0.4 is 5.32 Å². The van der Waals surface area contributed by atoms with Crippen LogP contribution in [0.5, 0.6) is 0 Å². The highest BCUT2D eigenvalue weighted by molar-refractivity contribution is 9.10. The van der Waals surface area contributed by atoms with E-state index in [1.807, 2.05) is 104 Å². The number of aryl methyl sites for hydroxylation is 1. The summed E-state index contributed by atoms with van der Waals surface area (Å²) in [4.78, 5) is 22.8. The zero-order valence-electron chi connectivity index (χ0n) is 17.9. The third-order valence-electron chi connectivity index (χ3n) is 5.41. The summed E-state index contributed by atoms with van der Waals surface area (Å²) >= 11 is 3.56. The maximum absolute atomic E-state index is 13.3. The molecule has 33 heavy (non-hydrogen) atoms. The number of halogens is 1. The summed E-state index contributed by atoms with van der Waals surface area (Å²) in [6.07, 6.45) is 0. The molecular weight excluding hydrogens is 474 g/mol. The average molecular weight is 494 g/mol. The van der Waals surface area contributed by atoms with Crippen LogP contribution >= 0.6 is 15.9 Å². The van der Waals surface area contributed by atoms with Crippen molar-refractivity contribution in [3.8, 4) is 11.3 Å². The monoisotopic (exact) mass is 493 g/mol. The molecule has 0 aliphatic rings. The number of carbonyl (C=O) groups is 1. The lowest BCUT2D eigenvalue weighted by Gasteiger charge is -2.14. The van der Waals surface area contributed by atoms with Gasteiger partial charge in [-0.2, -0.15) is 0 Å². The van der Waals surface area contributed by atoms with E-state index < -0.39 is 0 Å². The van der Waals surface area contributed by atoms with Gasteiger partial charge in [0.25, 0.3) is 0 Å². The molecule has 0 fully saturated rings. The number of benzene rings is 4. The minimum atomic E-state index is -0.0465. The Labute approximate surface area is 200 Å². The minimum Gasteiger partial charge on any atom is -0.323 e. The zero-order chi connectivity index (χ0) is 22.8. The fraction of sp³-hybridized carbons (Fsp3) is 0.0357. The van der Waals surface area contributed by atoms with Gasteiger partial charge in [0, 0.05) is 26.5 Å². The fourth-order valence-corrected chi connectivity index (χ4v) is 4.15. The Morgan fingerprint density at radius 2 is 1.55 bits per heavy atom. The lowest BCUT2D eigenvalue weighted by atomic mass is 10.00. The maximum Gasteiger partial charge on any atom is 0.228 e. The summed E-state index contributed by atoms with van der Waals surface area (Å²) in [5.41, 5.74) is 5.54. The van der Waals surface area contributed by atoms with Crippen molar-refractivity contribution in [2.45, 2.75) is 6.92 Å². The van der Waals surface area contributed by atoms with Crippen LogP contribution in [0.4, 0.5) is 11.6 Å². The molecule has 0 aliphatic carbocycles. The molecule has 0 saturated carbocycles. The van der Waals surface area contributed by atoms with E-state index in [4.69, 9.17) is 9.97 Å². The molecule has 1 heterocycles. The van der Waals surface area contributed by atoms with Gasteiger partial charge in [0.05, 0.1) is 16.9 Å². The number of carbonyl (C=O) groups excluding carboxylic acids is 1. The summed E-state index contributed by atoms with van der Waals surface area (Å²) in [6, 6.07) is 31.0. The molecule has 1 N–H and O–H groups in total. The number of hydrogen-bond acceptors (Lipinski definition) is 4. The van der Waals surface area contributed by atoms with Crippen LogP contribution in [0.25, 0.3) is 22.2 Å². The Balaban J connectivity index is 1.62. The Bertz CT molecular complexity index is 1470. The molecule has 5 rings (SSSR count). The second-order valence-electron chi connectivity index (χ2n) is 7.79. The van der Waals surface area contributed by atoms with Gasteiger partial charge in [0.15, 0.2) is 5.78 Å². The molecule has 0 amide bonds. The predicted octanol–water partition coefficient (Wildman–Crippen LogP) is 7.34. The zero-order valence-corrected chi connectivity index (χ0v) is 19.5. The summed E-state index contributed by atoms with van der Waals surface area (Å²) in [6.45, 7) is 1.98. The van der Waals surface area contributed by atoms with E-state index in [2.05, 4.69) is 21.2 Å². The Hall–Kier alpha value is -3.83. The summed E-state index contributed by atoms with van der Waals surface area (Å²) < 4.78 is 0.964. The van der Waals surface area contributed by atoms with Gasteiger partial charge in [-0.1, -0.05) is 88.2 Å². The van der Waals surface area contributed by atoms with Crippen molar-refractivity contribution in [2.75, 3.05) is 5.32 Å². The van der Waals surface area contributed by atoms with E-state index in [0.29, 0.717) is 22.8 Å². The molecule has 4 nitrogen and oxygen atoms in total. The first-order valence-corrected chi connectivity index (χ1v) is 11.4. The highest BCUT2D eigenvalue weighted by Gasteiger charge is 2.16. The lowest BCUT2D eigenvalue weighted by molar-refractivity contribution is 0.103. The van der Waals surface area contributed by atoms with Crippen molar-refractivity contribution in [2.24, 2.45) is 0 Å². The number of ketones is 1. The molecule has 0 spiro atoms. The van der Waals surface area contributed by atoms with Crippen molar-refractivity contribution in [1.29, 1.82) is 0 Å². The van der Waals surface area contributed by atoms with Crippen LogP contribution in [0.15, 0.2) is 102 Å². The largest absolute Gasteiger partial charge is 0.323 e. The fourth-order valence-electron chi connectivity index (χ4n) is 3.79. The van der Waals surface area contributed by atoms with Crippen LogP contribution in [0.3, 0.4) is 0 Å². The van der Waals surface area contributed by atoms with Crippen LogP contribution in [0, 0.1) is 6.92 Å². The molecule has 4 aromatic carbocycles. The van der Waals surface area contributed by atoms with Crippen molar-refractivity contribution in [3.05, 3.63) is 118 Å². The van der Waals surface area contributed by atoms with Crippen LogP contribution in [0.1, 0.15) is 21.5 Å². The molecule has 0 unspecified atom stereocenters. The van der Waals surface area contributed by atoms with Crippen molar-refractivity contribution in [1.82, 2.24) is 9.97 Å². The van der Waals surface area contributed by atoms with E-state index in [1.54, 1.807) is 0 Å². The van der Waals surface area contributed by atoms with Crippen molar-refractivity contribution >= 4 is 44.3 Å². The smallest absolute Gasteiger partial charge is 0.228 e. The van der Waals surface area contributed by atoms with Gasteiger partial charge in [-0.3, -0.25) is 4.79 Å². The molecule has 1 aromatic heterocycles. The number of fused-ring (bicyclic) bond motifs is 1. The van der Waals surface area contributed by atoms with Gasteiger partial charge < -0.3 is 5.32 Å². The molecule has 0 radical (unpaired) electrons.